The highest BCUT2D eigenvalue weighted by Crippen LogP contribution is 2.34. The average molecular weight is 223 g/mol. The lowest BCUT2D eigenvalue weighted by Crippen LogP contribution is -2.48. The Morgan fingerprint density at radius 2 is 2.31 bits per heavy atom. The molecule has 0 amide bonds. The van der Waals surface area contributed by atoms with Gasteiger partial charge in [-0.05, 0) is 51.0 Å². The van der Waals surface area contributed by atoms with Crippen molar-refractivity contribution in [1.82, 2.24) is 4.90 Å². The molecule has 0 unspecified atom stereocenters. The number of rotatable bonds is 4. The highest BCUT2D eigenvalue weighted by atomic mass is 16.3. The van der Waals surface area contributed by atoms with Gasteiger partial charge in [-0.15, -0.1) is 0 Å². The monoisotopic (exact) mass is 223 g/mol. The zero-order valence-corrected chi connectivity index (χ0v) is 10.5. The summed E-state index contributed by atoms with van der Waals surface area (Å²) in [7, 11) is 0. The summed E-state index contributed by atoms with van der Waals surface area (Å²) in [5.41, 5.74) is 0.112. The Morgan fingerprint density at radius 1 is 1.44 bits per heavy atom. The maximum Gasteiger partial charge on any atom is 0.0615 e. The molecule has 2 atom stereocenters. The lowest BCUT2D eigenvalue weighted by Gasteiger charge is -2.38. The SMILES string of the molecule is CC[C@]1(CO)CCCN1C[C@H]1CC=CCC1. The van der Waals surface area contributed by atoms with Gasteiger partial charge in [0.2, 0.25) is 0 Å². The Balaban J connectivity index is 1.94. The molecule has 0 aromatic carbocycles. The normalized spacial score (nSPS) is 35.8. The van der Waals surface area contributed by atoms with Crippen LogP contribution in [0.5, 0.6) is 0 Å². The van der Waals surface area contributed by atoms with Crippen LogP contribution >= 0.6 is 0 Å². The van der Waals surface area contributed by atoms with E-state index in [0.717, 1.165) is 12.3 Å². The second kappa shape index (κ2) is 5.33. The average Bonchev–Trinajstić information content (AvgIpc) is 2.74. The van der Waals surface area contributed by atoms with Gasteiger partial charge < -0.3 is 5.11 Å². The van der Waals surface area contributed by atoms with Gasteiger partial charge in [0, 0.05) is 12.1 Å². The van der Waals surface area contributed by atoms with Crippen LogP contribution in [0.25, 0.3) is 0 Å². The van der Waals surface area contributed by atoms with Gasteiger partial charge in [0.15, 0.2) is 0 Å². The Bertz CT molecular complexity index is 245. The summed E-state index contributed by atoms with van der Waals surface area (Å²) in [6, 6.07) is 0. The molecule has 2 aliphatic rings. The van der Waals surface area contributed by atoms with Crippen molar-refractivity contribution >= 4 is 0 Å². The summed E-state index contributed by atoms with van der Waals surface area (Å²) >= 11 is 0. The molecule has 92 valence electrons. The third kappa shape index (κ3) is 2.33. The van der Waals surface area contributed by atoms with Crippen molar-refractivity contribution in [3.63, 3.8) is 0 Å². The van der Waals surface area contributed by atoms with Crippen LogP contribution in [0.4, 0.5) is 0 Å². The lowest BCUT2D eigenvalue weighted by atomic mass is 9.90. The van der Waals surface area contributed by atoms with E-state index in [9.17, 15) is 5.11 Å². The standard InChI is InChI=1S/C14H25NO/c1-2-14(12-16)9-6-10-15(14)11-13-7-4-3-5-8-13/h3-4,13,16H,2,5-12H2,1H3/t13-,14+/m0/s1. The molecule has 1 N–H and O–H groups in total. The number of hydrogen-bond donors (Lipinski definition) is 1. The van der Waals surface area contributed by atoms with Gasteiger partial charge in [0.1, 0.15) is 0 Å². The van der Waals surface area contributed by atoms with Crippen LogP contribution < -0.4 is 0 Å². The summed E-state index contributed by atoms with van der Waals surface area (Å²) in [5, 5.41) is 9.66. The molecule has 2 rings (SSSR count). The van der Waals surface area contributed by atoms with Crippen molar-refractivity contribution in [3.8, 4) is 0 Å². The molecule has 1 heterocycles. The first-order chi connectivity index (χ1) is 7.80. The maximum atomic E-state index is 9.66. The molecular weight excluding hydrogens is 198 g/mol. The van der Waals surface area contributed by atoms with Crippen molar-refractivity contribution in [1.29, 1.82) is 0 Å². The molecule has 1 fully saturated rings. The van der Waals surface area contributed by atoms with Crippen molar-refractivity contribution in [2.75, 3.05) is 19.7 Å². The number of nitrogens with zero attached hydrogens (tertiary/aromatic N) is 1. The molecule has 2 nitrogen and oxygen atoms in total. The Kier molecular flexibility index (Phi) is 4.04. The predicted octanol–water partition coefficient (Wildman–Crippen LogP) is 2.58. The lowest BCUT2D eigenvalue weighted by molar-refractivity contribution is 0.0477. The molecular formula is C14H25NO. The van der Waals surface area contributed by atoms with Gasteiger partial charge in [-0.3, -0.25) is 4.90 Å². The number of allylic oxidation sites excluding steroid dienone is 2. The summed E-state index contributed by atoms with van der Waals surface area (Å²) in [6.07, 6.45) is 12.0. The van der Waals surface area contributed by atoms with E-state index < -0.39 is 0 Å². The second-order valence-corrected chi connectivity index (χ2v) is 5.44. The van der Waals surface area contributed by atoms with Crippen molar-refractivity contribution in [3.05, 3.63) is 12.2 Å². The summed E-state index contributed by atoms with van der Waals surface area (Å²) in [4.78, 5) is 2.57. The minimum Gasteiger partial charge on any atom is -0.394 e. The van der Waals surface area contributed by atoms with Crippen molar-refractivity contribution < 1.29 is 5.11 Å². The van der Waals surface area contributed by atoms with Gasteiger partial charge >= 0.3 is 0 Å². The molecule has 1 saturated heterocycles. The Hall–Kier alpha value is -0.340. The van der Waals surface area contributed by atoms with Crippen LogP contribution in [0.15, 0.2) is 12.2 Å². The number of likely N-dealkylation sites (tertiary alicyclic amines) is 1. The van der Waals surface area contributed by atoms with Crippen LogP contribution in [0, 0.1) is 5.92 Å². The molecule has 16 heavy (non-hydrogen) atoms. The Labute approximate surface area is 99.3 Å². The first kappa shape index (κ1) is 12.1. The van der Waals surface area contributed by atoms with Crippen LogP contribution in [0.1, 0.15) is 45.4 Å². The minimum absolute atomic E-state index is 0.112. The van der Waals surface area contributed by atoms with Crippen molar-refractivity contribution in [2.24, 2.45) is 5.92 Å². The van der Waals surface area contributed by atoms with E-state index in [1.807, 2.05) is 0 Å². The molecule has 0 aromatic heterocycles. The zero-order valence-electron chi connectivity index (χ0n) is 10.5. The van der Waals surface area contributed by atoms with Gasteiger partial charge in [-0.25, -0.2) is 0 Å². The third-order valence-corrected chi connectivity index (χ3v) is 4.55. The van der Waals surface area contributed by atoms with Gasteiger partial charge in [0.25, 0.3) is 0 Å². The molecule has 1 aliphatic heterocycles. The quantitative estimate of drug-likeness (QED) is 0.740. The van der Waals surface area contributed by atoms with E-state index in [-0.39, 0.29) is 5.54 Å². The van der Waals surface area contributed by atoms with E-state index in [0.29, 0.717) is 6.61 Å². The summed E-state index contributed by atoms with van der Waals surface area (Å²) in [6.45, 7) is 4.94. The molecule has 2 heteroatoms. The second-order valence-electron chi connectivity index (χ2n) is 5.44. The largest absolute Gasteiger partial charge is 0.394 e. The van der Waals surface area contributed by atoms with Gasteiger partial charge in [-0.1, -0.05) is 19.1 Å². The molecule has 0 bridgehead atoms. The molecule has 0 spiro atoms. The fourth-order valence-electron chi connectivity index (χ4n) is 3.30. The molecule has 0 radical (unpaired) electrons. The van der Waals surface area contributed by atoms with E-state index in [1.165, 1.54) is 45.2 Å². The fourth-order valence-corrected chi connectivity index (χ4v) is 3.30. The number of aliphatic hydroxyl groups is 1. The van der Waals surface area contributed by atoms with Crippen LogP contribution in [-0.2, 0) is 0 Å². The van der Waals surface area contributed by atoms with Crippen molar-refractivity contribution in [2.45, 2.75) is 51.0 Å². The first-order valence-electron chi connectivity index (χ1n) is 6.81. The first-order valence-corrected chi connectivity index (χ1v) is 6.81. The van der Waals surface area contributed by atoms with E-state index in [4.69, 9.17) is 0 Å². The van der Waals surface area contributed by atoms with Crippen LogP contribution in [0.2, 0.25) is 0 Å². The third-order valence-electron chi connectivity index (χ3n) is 4.55. The van der Waals surface area contributed by atoms with Gasteiger partial charge in [-0.2, -0.15) is 0 Å². The highest BCUT2D eigenvalue weighted by Gasteiger charge is 2.39. The topological polar surface area (TPSA) is 23.5 Å². The number of aliphatic hydroxyl groups excluding tert-OH is 1. The predicted molar refractivity (Wildman–Crippen MR) is 67.4 cm³/mol. The minimum atomic E-state index is 0.112. The summed E-state index contributed by atoms with van der Waals surface area (Å²) < 4.78 is 0. The van der Waals surface area contributed by atoms with E-state index in [2.05, 4.69) is 24.0 Å². The van der Waals surface area contributed by atoms with E-state index in [1.54, 1.807) is 0 Å². The van der Waals surface area contributed by atoms with Crippen LogP contribution in [-0.4, -0.2) is 35.2 Å². The van der Waals surface area contributed by atoms with Crippen LogP contribution in [0.3, 0.4) is 0 Å². The van der Waals surface area contributed by atoms with Gasteiger partial charge in [0.05, 0.1) is 6.61 Å². The molecule has 1 aliphatic carbocycles. The highest BCUT2D eigenvalue weighted by molar-refractivity contribution is 4.97. The number of hydrogen-bond acceptors (Lipinski definition) is 2. The summed E-state index contributed by atoms with van der Waals surface area (Å²) in [5.74, 6) is 0.820. The Morgan fingerprint density at radius 3 is 2.94 bits per heavy atom. The smallest absolute Gasteiger partial charge is 0.0615 e. The molecule has 0 saturated carbocycles. The molecule has 0 aromatic rings. The fraction of sp³-hybridized carbons (Fsp3) is 0.857. The maximum absolute atomic E-state index is 9.66. The zero-order chi connectivity index (χ0) is 11.4. The van der Waals surface area contributed by atoms with E-state index >= 15 is 0 Å².